The Hall–Kier alpha value is -1.27. The molecule has 0 spiro atoms. The second-order valence-corrected chi connectivity index (χ2v) is 3.88. The third kappa shape index (κ3) is 2.21. The molecule has 0 aliphatic rings. The highest BCUT2D eigenvalue weighted by molar-refractivity contribution is 7.03. The molecule has 1 unspecified atom stereocenters. The van der Waals surface area contributed by atoms with E-state index in [0.717, 1.165) is 18.5 Å². The van der Waals surface area contributed by atoms with Crippen LogP contribution in [0.25, 0.3) is 0 Å². The monoisotopic (exact) mass is 224 g/mol. The number of aliphatic hydroxyl groups is 1. The van der Waals surface area contributed by atoms with Gasteiger partial charge in [-0.1, -0.05) is 11.4 Å². The van der Waals surface area contributed by atoms with Crippen LogP contribution in [-0.4, -0.2) is 24.5 Å². The molecular formula is C9H12N4OS. The number of aromatic nitrogens is 4. The van der Waals surface area contributed by atoms with Gasteiger partial charge in [0.2, 0.25) is 0 Å². The van der Waals surface area contributed by atoms with E-state index in [1.54, 1.807) is 11.6 Å². The molecule has 15 heavy (non-hydrogen) atoms. The van der Waals surface area contributed by atoms with Crippen LogP contribution >= 0.6 is 11.5 Å². The van der Waals surface area contributed by atoms with Gasteiger partial charge in [0.15, 0.2) is 0 Å². The molecule has 1 N–H and O–H groups in total. The van der Waals surface area contributed by atoms with Crippen molar-refractivity contribution in [2.75, 3.05) is 0 Å². The van der Waals surface area contributed by atoms with Gasteiger partial charge in [-0.15, -0.1) is 5.10 Å². The second kappa shape index (κ2) is 4.50. The van der Waals surface area contributed by atoms with Crippen LogP contribution in [0.5, 0.6) is 0 Å². The van der Waals surface area contributed by atoms with Crippen LogP contribution in [0.15, 0.2) is 17.8 Å². The van der Waals surface area contributed by atoms with Crippen LogP contribution in [0, 0.1) is 0 Å². The highest BCUT2D eigenvalue weighted by atomic mass is 32.1. The van der Waals surface area contributed by atoms with Crippen LogP contribution in [-0.2, 0) is 6.54 Å². The van der Waals surface area contributed by atoms with Gasteiger partial charge < -0.3 is 5.11 Å². The molecule has 0 aliphatic carbocycles. The van der Waals surface area contributed by atoms with Gasteiger partial charge in [-0.2, -0.15) is 5.10 Å². The predicted molar refractivity (Wildman–Crippen MR) is 56.5 cm³/mol. The molecule has 0 aliphatic heterocycles. The summed E-state index contributed by atoms with van der Waals surface area (Å²) in [5, 5.41) is 19.6. The zero-order chi connectivity index (χ0) is 10.7. The van der Waals surface area contributed by atoms with Crippen LogP contribution in [0.1, 0.15) is 30.7 Å². The van der Waals surface area contributed by atoms with E-state index in [4.69, 9.17) is 0 Å². The fourth-order valence-electron chi connectivity index (χ4n) is 1.33. The van der Waals surface area contributed by atoms with Crippen molar-refractivity contribution < 1.29 is 5.11 Å². The lowest BCUT2D eigenvalue weighted by Gasteiger charge is -2.02. The molecule has 0 bridgehead atoms. The first-order valence-corrected chi connectivity index (χ1v) is 5.62. The number of aliphatic hydroxyl groups excluding tert-OH is 1. The van der Waals surface area contributed by atoms with E-state index >= 15 is 0 Å². The van der Waals surface area contributed by atoms with Crippen molar-refractivity contribution in [2.24, 2.45) is 0 Å². The topological polar surface area (TPSA) is 63.8 Å². The molecule has 0 aromatic carbocycles. The number of hydrogen-bond donors (Lipinski definition) is 1. The standard InChI is InChI=1S/C9H12N4OS/c1-2-3-13-5-7(4-10-13)9(14)8-6-15-12-11-8/h4-6,9,14H,2-3H2,1H3. The van der Waals surface area contributed by atoms with E-state index in [1.165, 1.54) is 11.5 Å². The number of rotatable bonds is 4. The van der Waals surface area contributed by atoms with E-state index < -0.39 is 6.10 Å². The maximum atomic E-state index is 9.91. The Bertz CT molecular complexity index is 411. The van der Waals surface area contributed by atoms with Crippen LogP contribution in [0.4, 0.5) is 0 Å². The smallest absolute Gasteiger partial charge is 0.127 e. The number of hydrogen-bond acceptors (Lipinski definition) is 5. The maximum absolute atomic E-state index is 9.91. The molecule has 6 heteroatoms. The summed E-state index contributed by atoms with van der Waals surface area (Å²) in [6.07, 6.45) is 3.82. The first kappa shape index (κ1) is 10.3. The lowest BCUT2D eigenvalue weighted by Crippen LogP contribution is -1.99. The van der Waals surface area contributed by atoms with Crippen molar-refractivity contribution in [2.45, 2.75) is 26.0 Å². The van der Waals surface area contributed by atoms with Gasteiger partial charge in [0.05, 0.1) is 6.20 Å². The lowest BCUT2D eigenvalue weighted by molar-refractivity contribution is 0.215. The summed E-state index contributed by atoms with van der Waals surface area (Å²) in [6.45, 7) is 2.95. The molecule has 0 saturated heterocycles. The molecule has 0 radical (unpaired) electrons. The second-order valence-electron chi connectivity index (χ2n) is 3.27. The number of aryl methyl sites for hydroxylation is 1. The SMILES string of the molecule is CCCn1cc(C(O)c2csnn2)cn1. The predicted octanol–water partition coefficient (Wildman–Crippen LogP) is 1.23. The van der Waals surface area contributed by atoms with E-state index in [-0.39, 0.29) is 0 Å². The van der Waals surface area contributed by atoms with Crippen molar-refractivity contribution in [3.63, 3.8) is 0 Å². The minimum absolute atomic E-state index is 0.580. The molecule has 5 nitrogen and oxygen atoms in total. The van der Waals surface area contributed by atoms with Crippen molar-refractivity contribution in [3.05, 3.63) is 29.0 Å². The van der Waals surface area contributed by atoms with E-state index in [2.05, 4.69) is 21.6 Å². The van der Waals surface area contributed by atoms with Gasteiger partial charge >= 0.3 is 0 Å². The molecule has 0 amide bonds. The van der Waals surface area contributed by atoms with Gasteiger partial charge in [-0.05, 0) is 18.0 Å². The number of nitrogens with zero attached hydrogens (tertiary/aromatic N) is 4. The molecule has 1 atom stereocenters. The van der Waals surface area contributed by atoms with Crippen LogP contribution in [0.3, 0.4) is 0 Å². The summed E-state index contributed by atoms with van der Waals surface area (Å²) in [4.78, 5) is 0. The maximum Gasteiger partial charge on any atom is 0.127 e. The van der Waals surface area contributed by atoms with E-state index in [0.29, 0.717) is 5.69 Å². The summed E-state index contributed by atoms with van der Waals surface area (Å²) >= 11 is 1.23. The quantitative estimate of drug-likeness (QED) is 0.848. The molecule has 2 aromatic rings. The molecule has 2 rings (SSSR count). The minimum Gasteiger partial charge on any atom is -0.382 e. The first-order chi connectivity index (χ1) is 7.31. The normalized spacial score (nSPS) is 12.9. The highest BCUT2D eigenvalue weighted by Crippen LogP contribution is 2.19. The van der Waals surface area contributed by atoms with Crippen molar-refractivity contribution in [1.82, 2.24) is 19.4 Å². The molecule has 0 fully saturated rings. The van der Waals surface area contributed by atoms with E-state index in [9.17, 15) is 5.11 Å². The molecule has 80 valence electrons. The summed E-state index contributed by atoms with van der Waals surface area (Å²) in [7, 11) is 0. The van der Waals surface area contributed by atoms with Crippen molar-refractivity contribution in [1.29, 1.82) is 0 Å². The van der Waals surface area contributed by atoms with Gasteiger partial charge in [0.25, 0.3) is 0 Å². The molecule has 0 saturated carbocycles. The average molecular weight is 224 g/mol. The van der Waals surface area contributed by atoms with Gasteiger partial charge in [0.1, 0.15) is 11.8 Å². The van der Waals surface area contributed by atoms with Crippen molar-refractivity contribution in [3.8, 4) is 0 Å². The zero-order valence-electron chi connectivity index (χ0n) is 8.37. The van der Waals surface area contributed by atoms with Gasteiger partial charge in [-0.25, -0.2) is 0 Å². The fraction of sp³-hybridized carbons (Fsp3) is 0.444. The van der Waals surface area contributed by atoms with Gasteiger partial charge in [-0.3, -0.25) is 4.68 Å². The third-order valence-electron chi connectivity index (χ3n) is 2.08. The average Bonchev–Trinajstić information content (AvgIpc) is 2.87. The van der Waals surface area contributed by atoms with Gasteiger partial charge in [0, 0.05) is 23.7 Å². The highest BCUT2D eigenvalue weighted by Gasteiger charge is 2.14. The Balaban J connectivity index is 2.15. The lowest BCUT2D eigenvalue weighted by atomic mass is 10.2. The Labute approximate surface area is 91.5 Å². The molecular weight excluding hydrogens is 212 g/mol. The summed E-state index contributed by atoms with van der Waals surface area (Å²) in [5.41, 5.74) is 1.34. The Morgan fingerprint density at radius 3 is 3.13 bits per heavy atom. The Morgan fingerprint density at radius 2 is 2.47 bits per heavy atom. The summed E-state index contributed by atoms with van der Waals surface area (Å²) in [5.74, 6) is 0. The fourth-order valence-corrected chi connectivity index (χ4v) is 1.81. The van der Waals surface area contributed by atoms with E-state index in [1.807, 2.05) is 10.9 Å². The van der Waals surface area contributed by atoms with Crippen molar-refractivity contribution >= 4 is 11.5 Å². The van der Waals surface area contributed by atoms with Crippen LogP contribution < -0.4 is 0 Å². The van der Waals surface area contributed by atoms with Crippen LogP contribution in [0.2, 0.25) is 0 Å². The first-order valence-electron chi connectivity index (χ1n) is 4.78. The summed E-state index contributed by atoms with van der Waals surface area (Å²) < 4.78 is 5.53. The zero-order valence-corrected chi connectivity index (χ0v) is 9.18. The Kier molecular flexibility index (Phi) is 3.08. The summed E-state index contributed by atoms with van der Waals surface area (Å²) in [6, 6.07) is 0. The molecule has 2 aromatic heterocycles. The Morgan fingerprint density at radius 1 is 1.60 bits per heavy atom. The minimum atomic E-state index is -0.714. The molecule has 2 heterocycles. The third-order valence-corrected chi connectivity index (χ3v) is 2.60. The largest absolute Gasteiger partial charge is 0.382 e.